The molecule has 2 aromatic rings. The zero-order valence-electron chi connectivity index (χ0n) is 9.86. The SMILES string of the molecule is COc1c(C(F)(F)F)cc2nccc(Cl)c2c1[N+](=O)[O-]. The standard InChI is InChI=1S/C11H6ClF3N2O3/c1-20-10-5(11(13,14)15)4-7-8(9(10)17(18)19)6(12)2-3-16-7/h2-4H,1H3. The second-order valence-corrected chi connectivity index (χ2v) is 4.15. The van der Waals surface area contributed by atoms with E-state index in [1.807, 2.05) is 0 Å². The van der Waals surface area contributed by atoms with Crippen LogP contribution in [0.4, 0.5) is 18.9 Å². The number of benzene rings is 1. The molecule has 0 N–H and O–H groups in total. The summed E-state index contributed by atoms with van der Waals surface area (Å²) < 4.78 is 43.4. The van der Waals surface area contributed by atoms with Crippen molar-refractivity contribution >= 4 is 28.2 Å². The highest BCUT2D eigenvalue weighted by Gasteiger charge is 2.40. The van der Waals surface area contributed by atoms with Gasteiger partial charge < -0.3 is 4.74 Å². The Morgan fingerprint density at radius 2 is 2.10 bits per heavy atom. The first-order valence-corrected chi connectivity index (χ1v) is 5.52. The fourth-order valence-corrected chi connectivity index (χ4v) is 2.07. The lowest BCUT2D eigenvalue weighted by Gasteiger charge is -2.13. The Kier molecular flexibility index (Phi) is 3.43. The third-order valence-corrected chi connectivity index (χ3v) is 2.91. The lowest BCUT2D eigenvalue weighted by atomic mass is 10.1. The fourth-order valence-electron chi connectivity index (χ4n) is 1.83. The number of nitrogens with zero attached hydrogens (tertiary/aromatic N) is 2. The average molecular weight is 307 g/mol. The Labute approximate surface area is 115 Å². The number of halogens is 4. The summed E-state index contributed by atoms with van der Waals surface area (Å²) in [5.74, 6) is -0.884. The van der Waals surface area contributed by atoms with Crippen molar-refractivity contribution in [1.82, 2.24) is 4.98 Å². The minimum absolute atomic E-state index is 0.0753. The maximum Gasteiger partial charge on any atom is 0.420 e. The van der Waals surface area contributed by atoms with Crippen LogP contribution in [0.2, 0.25) is 5.02 Å². The zero-order valence-corrected chi connectivity index (χ0v) is 10.6. The van der Waals surface area contributed by atoms with Gasteiger partial charge in [0.15, 0.2) is 0 Å². The van der Waals surface area contributed by atoms with Gasteiger partial charge in [-0.2, -0.15) is 13.2 Å². The van der Waals surface area contributed by atoms with Crippen molar-refractivity contribution in [2.45, 2.75) is 6.18 Å². The molecular weight excluding hydrogens is 301 g/mol. The molecule has 0 aliphatic carbocycles. The molecule has 106 valence electrons. The third kappa shape index (κ3) is 2.22. The van der Waals surface area contributed by atoms with Crippen molar-refractivity contribution in [1.29, 1.82) is 0 Å². The lowest BCUT2D eigenvalue weighted by Crippen LogP contribution is -2.10. The molecule has 1 aromatic carbocycles. The summed E-state index contributed by atoms with van der Waals surface area (Å²) in [5.41, 5.74) is -2.35. The maximum atomic E-state index is 12.9. The summed E-state index contributed by atoms with van der Waals surface area (Å²) in [6.07, 6.45) is -3.64. The predicted molar refractivity (Wildman–Crippen MR) is 65.0 cm³/mol. The van der Waals surface area contributed by atoms with Crippen LogP contribution in [0.25, 0.3) is 10.9 Å². The van der Waals surface area contributed by atoms with E-state index < -0.39 is 28.1 Å². The van der Waals surface area contributed by atoms with Gasteiger partial charge in [-0.1, -0.05) is 11.6 Å². The number of alkyl halides is 3. The number of hydrogen-bond acceptors (Lipinski definition) is 4. The molecule has 2 rings (SSSR count). The van der Waals surface area contributed by atoms with Gasteiger partial charge >= 0.3 is 11.9 Å². The molecule has 0 atom stereocenters. The molecule has 1 heterocycles. The average Bonchev–Trinajstić information content (AvgIpc) is 2.35. The van der Waals surface area contributed by atoms with E-state index in [9.17, 15) is 23.3 Å². The Bertz CT molecular complexity index is 703. The molecule has 0 aliphatic heterocycles. The number of hydrogen-bond donors (Lipinski definition) is 0. The summed E-state index contributed by atoms with van der Waals surface area (Å²) in [7, 11) is 0.924. The number of aromatic nitrogens is 1. The van der Waals surface area contributed by atoms with Crippen LogP contribution >= 0.6 is 11.6 Å². The summed E-state index contributed by atoms with van der Waals surface area (Å²) in [5, 5.41) is 10.8. The molecule has 0 fully saturated rings. The molecule has 20 heavy (non-hydrogen) atoms. The minimum Gasteiger partial charge on any atom is -0.490 e. The number of rotatable bonds is 2. The minimum atomic E-state index is -4.81. The van der Waals surface area contributed by atoms with Gasteiger partial charge in [0.2, 0.25) is 5.75 Å². The molecule has 0 spiro atoms. The molecule has 0 amide bonds. The van der Waals surface area contributed by atoms with Crippen molar-refractivity contribution in [3.05, 3.63) is 39.0 Å². The van der Waals surface area contributed by atoms with Gasteiger partial charge in [-0.25, -0.2) is 0 Å². The molecule has 0 bridgehead atoms. The topological polar surface area (TPSA) is 65.3 Å². The van der Waals surface area contributed by atoms with E-state index in [1.165, 1.54) is 12.3 Å². The van der Waals surface area contributed by atoms with Crippen LogP contribution < -0.4 is 4.74 Å². The van der Waals surface area contributed by atoms with Crippen LogP contribution in [-0.4, -0.2) is 17.0 Å². The summed E-state index contributed by atoms with van der Waals surface area (Å²) in [4.78, 5) is 13.8. The number of pyridine rings is 1. The van der Waals surface area contributed by atoms with E-state index in [-0.39, 0.29) is 15.9 Å². The van der Waals surface area contributed by atoms with Gasteiger partial charge in [-0.05, 0) is 12.1 Å². The monoisotopic (exact) mass is 306 g/mol. The number of nitro benzene ring substituents is 1. The van der Waals surface area contributed by atoms with Crippen LogP contribution in [0.1, 0.15) is 5.56 Å². The number of methoxy groups -OCH3 is 1. The molecule has 0 aliphatic rings. The second kappa shape index (κ2) is 4.78. The molecule has 0 radical (unpaired) electrons. The van der Waals surface area contributed by atoms with E-state index in [4.69, 9.17) is 11.6 Å². The molecule has 5 nitrogen and oxygen atoms in total. The van der Waals surface area contributed by atoms with E-state index in [2.05, 4.69) is 9.72 Å². The lowest BCUT2D eigenvalue weighted by molar-refractivity contribution is -0.384. The van der Waals surface area contributed by atoms with Crippen molar-refractivity contribution in [3.63, 3.8) is 0 Å². The van der Waals surface area contributed by atoms with Crippen LogP contribution in [0.15, 0.2) is 18.3 Å². The molecule has 9 heteroatoms. The van der Waals surface area contributed by atoms with Crippen LogP contribution in [0.3, 0.4) is 0 Å². The van der Waals surface area contributed by atoms with Crippen molar-refractivity contribution in [2.24, 2.45) is 0 Å². The predicted octanol–water partition coefficient (Wildman–Crippen LogP) is 3.82. The van der Waals surface area contributed by atoms with E-state index in [0.717, 1.165) is 7.11 Å². The first kappa shape index (κ1) is 14.3. The van der Waals surface area contributed by atoms with Gasteiger partial charge in [-0.15, -0.1) is 0 Å². The van der Waals surface area contributed by atoms with E-state index in [0.29, 0.717) is 6.07 Å². The van der Waals surface area contributed by atoms with Crippen molar-refractivity contribution < 1.29 is 22.8 Å². The van der Waals surface area contributed by atoms with Crippen LogP contribution in [-0.2, 0) is 6.18 Å². The highest BCUT2D eigenvalue weighted by molar-refractivity contribution is 6.36. The quantitative estimate of drug-likeness (QED) is 0.625. The summed E-state index contributed by atoms with van der Waals surface area (Å²) in [6.45, 7) is 0. The molecule has 0 unspecified atom stereocenters. The normalized spacial score (nSPS) is 11.7. The third-order valence-electron chi connectivity index (χ3n) is 2.60. The van der Waals surface area contributed by atoms with Gasteiger partial charge in [0.05, 0.1) is 22.6 Å². The number of nitro groups is 1. The first-order chi connectivity index (χ1) is 9.27. The fraction of sp³-hybridized carbons (Fsp3) is 0.182. The highest BCUT2D eigenvalue weighted by atomic mass is 35.5. The van der Waals surface area contributed by atoms with E-state index >= 15 is 0 Å². The Morgan fingerprint density at radius 1 is 1.45 bits per heavy atom. The van der Waals surface area contributed by atoms with Crippen LogP contribution in [0, 0.1) is 10.1 Å². The number of fused-ring (bicyclic) bond motifs is 1. The Morgan fingerprint density at radius 3 is 2.60 bits per heavy atom. The van der Waals surface area contributed by atoms with Crippen LogP contribution in [0.5, 0.6) is 5.75 Å². The Hall–Kier alpha value is -2.09. The highest BCUT2D eigenvalue weighted by Crippen LogP contribution is 2.46. The Balaban J connectivity index is 3.03. The second-order valence-electron chi connectivity index (χ2n) is 3.75. The molecule has 0 saturated heterocycles. The largest absolute Gasteiger partial charge is 0.490 e. The van der Waals surface area contributed by atoms with Gasteiger partial charge in [0.25, 0.3) is 0 Å². The smallest absolute Gasteiger partial charge is 0.420 e. The molecule has 1 aromatic heterocycles. The molecular formula is C11H6ClF3N2O3. The van der Waals surface area contributed by atoms with Gasteiger partial charge in [0, 0.05) is 6.20 Å². The number of ether oxygens (including phenoxy) is 1. The zero-order chi connectivity index (χ0) is 15.1. The summed E-state index contributed by atoms with van der Waals surface area (Å²) in [6, 6.07) is 1.93. The maximum absolute atomic E-state index is 12.9. The van der Waals surface area contributed by atoms with E-state index in [1.54, 1.807) is 0 Å². The van der Waals surface area contributed by atoms with Crippen molar-refractivity contribution in [2.75, 3.05) is 7.11 Å². The first-order valence-electron chi connectivity index (χ1n) is 5.14. The molecule has 0 saturated carbocycles. The van der Waals surface area contributed by atoms with Gasteiger partial charge in [-0.3, -0.25) is 15.1 Å². The van der Waals surface area contributed by atoms with Gasteiger partial charge in [0.1, 0.15) is 10.9 Å². The summed E-state index contributed by atoms with van der Waals surface area (Å²) >= 11 is 5.82. The van der Waals surface area contributed by atoms with Crippen molar-refractivity contribution in [3.8, 4) is 5.75 Å².